The first-order valence-corrected chi connectivity index (χ1v) is 15.3. The molecule has 8 heteroatoms. The van der Waals surface area contributed by atoms with Crippen LogP contribution in [0.5, 0.6) is 0 Å². The molecule has 3 aromatic rings. The number of Topliss-reactive ketones (excluding diaryl/α,β-unsaturated/α-hetero) is 1. The minimum absolute atomic E-state index is 0.0251. The van der Waals surface area contributed by atoms with Crippen molar-refractivity contribution in [3.63, 3.8) is 0 Å². The number of rotatable bonds is 12. The van der Waals surface area contributed by atoms with Crippen LogP contribution in [0.1, 0.15) is 54.4 Å². The Bertz CT molecular complexity index is 1270. The van der Waals surface area contributed by atoms with Crippen LogP contribution in [-0.4, -0.2) is 72.6 Å². The van der Waals surface area contributed by atoms with E-state index in [9.17, 15) is 14.0 Å². The van der Waals surface area contributed by atoms with Gasteiger partial charge >= 0.3 is 4.87 Å². The molecule has 5 rings (SSSR count). The van der Waals surface area contributed by atoms with Gasteiger partial charge in [0.1, 0.15) is 5.82 Å². The smallest absolute Gasteiger partial charge is 0.308 e. The summed E-state index contributed by atoms with van der Waals surface area (Å²) >= 11 is 1.36. The third-order valence-electron chi connectivity index (χ3n) is 8.22. The van der Waals surface area contributed by atoms with Crippen LogP contribution in [0, 0.1) is 11.7 Å². The Morgan fingerprint density at radius 1 is 0.872 bits per heavy atom. The van der Waals surface area contributed by atoms with E-state index in [4.69, 9.17) is 4.74 Å². The van der Waals surface area contributed by atoms with E-state index >= 15 is 0 Å². The lowest BCUT2D eigenvalue weighted by Crippen LogP contribution is -2.37. The molecule has 0 saturated carbocycles. The highest BCUT2D eigenvalue weighted by atomic mass is 32.1. The molecule has 0 unspecified atom stereocenters. The summed E-state index contributed by atoms with van der Waals surface area (Å²) in [5.41, 5.74) is 2.99. The molecule has 0 atom stereocenters. The van der Waals surface area contributed by atoms with Crippen molar-refractivity contribution >= 4 is 27.3 Å². The Morgan fingerprint density at radius 3 is 2.28 bits per heavy atom. The summed E-state index contributed by atoms with van der Waals surface area (Å²) in [6.07, 6.45) is 7.10. The fraction of sp³-hybridized carbons (Fsp3) is 0.548. The number of piperidine rings is 1. The van der Waals surface area contributed by atoms with Crippen molar-refractivity contribution in [2.75, 3.05) is 52.5 Å². The number of ether oxygens (including phenoxy) is 1. The zero-order valence-electron chi connectivity index (χ0n) is 22.8. The average Bonchev–Trinajstić information content (AvgIpc) is 3.28. The van der Waals surface area contributed by atoms with Gasteiger partial charge < -0.3 is 9.64 Å². The molecule has 0 bridgehead atoms. The number of fused-ring (bicyclic) bond motifs is 1. The van der Waals surface area contributed by atoms with Crippen LogP contribution >= 0.6 is 11.3 Å². The molecule has 0 aliphatic carbocycles. The molecule has 0 radical (unpaired) electrons. The molecule has 6 nitrogen and oxygen atoms in total. The van der Waals surface area contributed by atoms with Gasteiger partial charge in [0.15, 0.2) is 5.78 Å². The Labute approximate surface area is 234 Å². The lowest BCUT2D eigenvalue weighted by Gasteiger charge is -2.31. The number of carbonyl (C=O) groups is 1. The van der Waals surface area contributed by atoms with Crippen LogP contribution in [0.4, 0.5) is 4.39 Å². The first kappa shape index (κ1) is 28.1. The minimum Gasteiger partial charge on any atom is -0.379 e. The number of carbonyl (C=O) groups excluding carboxylic acids is 1. The molecule has 39 heavy (non-hydrogen) atoms. The van der Waals surface area contributed by atoms with Gasteiger partial charge in [-0.25, -0.2) is 4.39 Å². The maximum atomic E-state index is 13.2. The zero-order valence-corrected chi connectivity index (χ0v) is 23.6. The number of thiazole rings is 1. The van der Waals surface area contributed by atoms with Crippen molar-refractivity contribution in [2.24, 2.45) is 5.92 Å². The lowest BCUT2D eigenvalue weighted by molar-refractivity contribution is 0.0372. The Balaban J connectivity index is 1.03. The van der Waals surface area contributed by atoms with Gasteiger partial charge in [-0.3, -0.25) is 19.1 Å². The molecule has 2 aliphatic rings. The van der Waals surface area contributed by atoms with Gasteiger partial charge in [-0.15, -0.1) is 0 Å². The van der Waals surface area contributed by atoms with Gasteiger partial charge in [-0.2, -0.15) is 0 Å². The normalized spacial score (nSPS) is 17.7. The van der Waals surface area contributed by atoms with Gasteiger partial charge in [-0.1, -0.05) is 17.4 Å². The molecular weight excluding hydrogens is 513 g/mol. The molecular formula is C31H40FN3O3S. The van der Waals surface area contributed by atoms with Gasteiger partial charge in [0.25, 0.3) is 0 Å². The summed E-state index contributed by atoms with van der Waals surface area (Å²) in [6, 6.07) is 12.4. The van der Waals surface area contributed by atoms with Crippen LogP contribution in [0.15, 0.2) is 47.3 Å². The molecule has 2 aliphatic heterocycles. The van der Waals surface area contributed by atoms with E-state index in [1.165, 1.54) is 35.5 Å². The van der Waals surface area contributed by atoms with E-state index < -0.39 is 0 Å². The quantitative estimate of drug-likeness (QED) is 0.227. The number of likely N-dealkylation sites (tertiary alicyclic amines) is 1. The topological polar surface area (TPSA) is 54.8 Å². The Hall–Kier alpha value is -2.39. The molecule has 0 N–H and O–H groups in total. The summed E-state index contributed by atoms with van der Waals surface area (Å²) in [6.45, 7) is 8.50. The van der Waals surface area contributed by atoms with Crippen LogP contribution in [0.2, 0.25) is 0 Å². The van der Waals surface area contributed by atoms with Crippen molar-refractivity contribution < 1.29 is 13.9 Å². The lowest BCUT2D eigenvalue weighted by atomic mass is 9.89. The third-order valence-corrected chi connectivity index (χ3v) is 9.16. The number of aryl methyl sites for hydroxylation is 2. The second kappa shape index (κ2) is 13.8. The summed E-state index contributed by atoms with van der Waals surface area (Å²) < 4.78 is 21.6. The number of benzene rings is 2. The summed E-state index contributed by atoms with van der Waals surface area (Å²) in [5, 5.41) is 0. The number of aromatic nitrogens is 1. The van der Waals surface area contributed by atoms with Crippen molar-refractivity contribution in [3.8, 4) is 0 Å². The maximum absolute atomic E-state index is 13.2. The largest absolute Gasteiger partial charge is 0.379 e. The highest BCUT2D eigenvalue weighted by Crippen LogP contribution is 2.23. The number of unbranched alkanes of at least 4 members (excludes halogenated alkanes) is 2. The average molecular weight is 554 g/mol. The number of morpholine rings is 1. The highest BCUT2D eigenvalue weighted by molar-refractivity contribution is 7.16. The number of ketones is 1. The van der Waals surface area contributed by atoms with E-state index in [0.29, 0.717) is 5.56 Å². The monoisotopic (exact) mass is 553 g/mol. The fourth-order valence-electron chi connectivity index (χ4n) is 5.84. The molecule has 1 aromatic heterocycles. The van der Waals surface area contributed by atoms with Gasteiger partial charge in [-0.05, 0) is 113 Å². The summed E-state index contributed by atoms with van der Waals surface area (Å²) in [5.74, 6) is -0.152. The third kappa shape index (κ3) is 7.63. The van der Waals surface area contributed by atoms with Crippen molar-refractivity contribution in [1.82, 2.24) is 14.4 Å². The standard InChI is InChI=1S/C31H40FN3O3S/c32-27-9-7-25(8-10-27)30(36)26-12-17-33(18-13-26)15-3-4-16-35-28-11-6-24(23-29(28)39-31(35)37)5-1-2-14-34-19-21-38-22-20-34/h6-11,23,26H,1-5,12-22H2. The second-order valence-corrected chi connectivity index (χ2v) is 11.9. The number of hydrogen-bond donors (Lipinski definition) is 0. The first-order chi connectivity index (χ1) is 19.1. The maximum Gasteiger partial charge on any atom is 0.308 e. The van der Waals surface area contributed by atoms with Crippen molar-refractivity contribution in [3.05, 3.63) is 69.1 Å². The minimum atomic E-state index is -0.311. The van der Waals surface area contributed by atoms with Crippen LogP contribution in [-0.2, 0) is 17.7 Å². The van der Waals surface area contributed by atoms with Crippen LogP contribution in [0.25, 0.3) is 10.2 Å². The number of halogens is 1. The predicted octanol–water partition coefficient (Wildman–Crippen LogP) is 5.23. The zero-order chi connectivity index (χ0) is 27.0. The van der Waals surface area contributed by atoms with Crippen LogP contribution < -0.4 is 4.87 Å². The van der Waals surface area contributed by atoms with E-state index in [0.717, 1.165) is 108 Å². The first-order valence-electron chi connectivity index (χ1n) is 14.5. The molecule has 3 heterocycles. The molecule has 0 amide bonds. The van der Waals surface area contributed by atoms with E-state index in [1.807, 2.05) is 4.57 Å². The molecule has 2 fully saturated rings. The van der Waals surface area contributed by atoms with E-state index in [-0.39, 0.29) is 22.4 Å². The van der Waals surface area contributed by atoms with E-state index in [2.05, 4.69) is 28.0 Å². The molecule has 210 valence electrons. The fourth-order valence-corrected chi connectivity index (χ4v) is 6.82. The van der Waals surface area contributed by atoms with Crippen LogP contribution in [0.3, 0.4) is 0 Å². The summed E-state index contributed by atoms with van der Waals surface area (Å²) in [4.78, 5) is 30.5. The Morgan fingerprint density at radius 2 is 1.54 bits per heavy atom. The van der Waals surface area contributed by atoms with Crippen molar-refractivity contribution in [1.29, 1.82) is 0 Å². The summed E-state index contributed by atoms with van der Waals surface area (Å²) in [7, 11) is 0. The van der Waals surface area contributed by atoms with E-state index in [1.54, 1.807) is 12.1 Å². The highest BCUT2D eigenvalue weighted by Gasteiger charge is 2.25. The Kier molecular flexibility index (Phi) is 9.96. The van der Waals surface area contributed by atoms with Gasteiger partial charge in [0, 0.05) is 31.1 Å². The SMILES string of the molecule is O=C(c1ccc(F)cc1)C1CCN(CCCCn2c(=O)sc3cc(CCCCN4CCOCC4)ccc32)CC1. The molecule has 2 aromatic carbocycles. The predicted molar refractivity (Wildman–Crippen MR) is 155 cm³/mol. The number of nitrogens with zero attached hydrogens (tertiary/aromatic N) is 3. The molecule has 0 spiro atoms. The van der Waals surface area contributed by atoms with Gasteiger partial charge in [0.05, 0.1) is 23.4 Å². The number of hydrogen-bond acceptors (Lipinski definition) is 6. The molecule has 2 saturated heterocycles. The van der Waals surface area contributed by atoms with Crippen molar-refractivity contribution in [2.45, 2.75) is 51.5 Å². The second-order valence-electron chi connectivity index (χ2n) is 10.9. The van der Waals surface area contributed by atoms with Gasteiger partial charge in [0.2, 0.25) is 0 Å².